The van der Waals surface area contributed by atoms with Crippen LogP contribution in [-0.2, 0) is 9.59 Å². The summed E-state index contributed by atoms with van der Waals surface area (Å²) in [5.74, 6) is -0.640. The highest BCUT2D eigenvalue weighted by Crippen LogP contribution is 2.56. The number of β-lactam (4-membered cyclic amide) rings is 1. The summed E-state index contributed by atoms with van der Waals surface area (Å²) in [5, 5.41) is 19.1. The van der Waals surface area contributed by atoms with E-state index in [9.17, 15) is 14.7 Å². The zero-order chi connectivity index (χ0) is 22.1. The molecule has 2 aromatic carbocycles. The Balaban J connectivity index is 1.55. The summed E-state index contributed by atoms with van der Waals surface area (Å²) in [6, 6.07) is 13.1. The molecule has 2 fully saturated rings. The van der Waals surface area contributed by atoms with Gasteiger partial charge in [-0.3, -0.25) is 4.79 Å². The Kier molecular flexibility index (Phi) is 4.18. The Morgan fingerprint density at radius 3 is 2.65 bits per heavy atom. The van der Waals surface area contributed by atoms with Gasteiger partial charge < -0.3 is 19.8 Å². The van der Waals surface area contributed by atoms with E-state index in [0.29, 0.717) is 17.1 Å². The van der Waals surface area contributed by atoms with Crippen LogP contribution in [0.1, 0.15) is 26.5 Å². The number of thioether (sulfide) groups is 1. The fourth-order valence-corrected chi connectivity index (χ4v) is 6.37. The number of carbonyl (C=O) groups is 2. The molecular weight excluding hydrogens is 414 g/mol. The topological polar surface area (TPSA) is 95.7 Å². The van der Waals surface area contributed by atoms with E-state index in [1.165, 1.54) is 16.7 Å². The van der Waals surface area contributed by atoms with Gasteiger partial charge in [0.15, 0.2) is 5.76 Å². The van der Waals surface area contributed by atoms with Gasteiger partial charge in [0, 0.05) is 10.3 Å². The molecule has 1 aromatic heterocycles. The third-order valence-electron chi connectivity index (χ3n) is 6.29. The second-order valence-corrected chi connectivity index (χ2v) is 10.6. The number of carboxylic acid groups (broad SMARTS) is 1. The quantitative estimate of drug-likeness (QED) is 0.593. The molecule has 160 valence electrons. The predicted octanol–water partition coefficient (Wildman–Crippen LogP) is 4.12. The summed E-state index contributed by atoms with van der Waals surface area (Å²) in [5.41, 5.74) is 1.23. The molecule has 3 aromatic rings. The van der Waals surface area contributed by atoms with E-state index in [0.717, 1.165) is 16.3 Å². The Morgan fingerprint density at radius 2 is 1.90 bits per heavy atom. The summed E-state index contributed by atoms with van der Waals surface area (Å²) in [4.78, 5) is 26.5. The Hall–Kier alpha value is -3.00. The number of amides is 1. The first kappa shape index (κ1) is 19.9. The minimum absolute atomic E-state index is 0.229. The molecular formula is C23H23N3O4S. The molecule has 0 unspecified atom stereocenters. The van der Waals surface area contributed by atoms with Crippen LogP contribution in [-0.4, -0.2) is 48.7 Å². The molecule has 3 atom stereocenters. The van der Waals surface area contributed by atoms with Gasteiger partial charge in [-0.25, -0.2) is 4.79 Å². The van der Waals surface area contributed by atoms with Crippen LogP contribution in [0.4, 0.5) is 5.69 Å². The van der Waals surface area contributed by atoms with Crippen LogP contribution in [0, 0.1) is 6.92 Å². The summed E-state index contributed by atoms with van der Waals surface area (Å²) in [6.07, 6.45) is 0. The van der Waals surface area contributed by atoms with Gasteiger partial charge in [0.25, 0.3) is 5.91 Å². The molecule has 7 nitrogen and oxygen atoms in total. The van der Waals surface area contributed by atoms with Crippen molar-refractivity contribution in [3.05, 3.63) is 48.2 Å². The highest BCUT2D eigenvalue weighted by atomic mass is 32.2. The molecule has 0 saturated carbocycles. The maximum Gasteiger partial charge on any atom is 0.327 e. The number of rotatable bonds is 4. The fraction of sp³-hybridized carbons (Fsp3) is 0.348. The van der Waals surface area contributed by atoms with Gasteiger partial charge in [-0.1, -0.05) is 47.6 Å². The largest absolute Gasteiger partial charge is 0.480 e. The second kappa shape index (κ2) is 6.50. The Bertz CT molecular complexity index is 1230. The lowest BCUT2D eigenvalue weighted by Crippen LogP contribution is -2.75. The summed E-state index contributed by atoms with van der Waals surface area (Å²) in [6.45, 7) is 7.39. The van der Waals surface area contributed by atoms with Crippen LogP contribution in [0.25, 0.3) is 22.1 Å². The molecule has 2 N–H and O–H groups in total. The second-order valence-electron chi connectivity index (χ2n) is 8.85. The molecule has 0 radical (unpaired) electrons. The van der Waals surface area contributed by atoms with Crippen molar-refractivity contribution in [2.75, 3.05) is 5.32 Å². The summed E-state index contributed by atoms with van der Waals surface area (Å²) >= 11 is 1.51. The first-order chi connectivity index (χ1) is 14.6. The smallest absolute Gasteiger partial charge is 0.327 e. The predicted molar refractivity (Wildman–Crippen MR) is 120 cm³/mol. The van der Waals surface area contributed by atoms with Crippen molar-refractivity contribution in [1.82, 2.24) is 10.1 Å². The molecule has 31 heavy (non-hydrogen) atoms. The van der Waals surface area contributed by atoms with E-state index in [1.807, 2.05) is 70.2 Å². The van der Waals surface area contributed by atoms with Crippen molar-refractivity contribution in [3.63, 3.8) is 0 Å². The minimum Gasteiger partial charge on any atom is -0.480 e. The van der Waals surface area contributed by atoms with E-state index in [-0.39, 0.29) is 11.3 Å². The number of aromatic nitrogens is 1. The van der Waals surface area contributed by atoms with Gasteiger partial charge in [0.05, 0.1) is 0 Å². The van der Waals surface area contributed by atoms with Crippen LogP contribution in [0.5, 0.6) is 0 Å². The zero-order valence-corrected chi connectivity index (χ0v) is 18.5. The third kappa shape index (κ3) is 2.70. The number of anilines is 1. The SMILES string of the molecule is Cc1noc(-c2cccc3ccccc23)c1N[C@@]1(C)C(=O)N2[C@@H](C(=O)O)C(C)(C)S[C@@H]21. The number of nitrogens with one attached hydrogen (secondary N) is 1. The van der Waals surface area contributed by atoms with Crippen molar-refractivity contribution in [2.24, 2.45) is 0 Å². The zero-order valence-electron chi connectivity index (χ0n) is 17.7. The minimum atomic E-state index is -0.979. The van der Waals surface area contributed by atoms with Crippen LogP contribution in [0.15, 0.2) is 47.0 Å². The van der Waals surface area contributed by atoms with Gasteiger partial charge in [0.2, 0.25) is 0 Å². The Morgan fingerprint density at radius 1 is 1.19 bits per heavy atom. The van der Waals surface area contributed by atoms with Crippen molar-refractivity contribution in [1.29, 1.82) is 0 Å². The summed E-state index contributed by atoms with van der Waals surface area (Å²) < 4.78 is 5.12. The number of benzene rings is 2. The molecule has 0 spiro atoms. The van der Waals surface area contributed by atoms with Gasteiger partial charge in [-0.2, -0.15) is 0 Å². The molecule has 3 heterocycles. The molecule has 2 saturated heterocycles. The standard InChI is InChI=1S/C23H23N3O4S/c1-12-16(17(30-25-12)15-11-7-9-13-8-5-6-10-14(13)15)24-23(4)20(29)26-18(19(27)28)22(2,3)31-21(23)26/h5-11,18,21,24H,1-4H3,(H,27,28)/t18-,21+,23-/m0/s1. The van der Waals surface area contributed by atoms with Crippen molar-refractivity contribution in [2.45, 2.75) is 49.4 Å². The molecule has 2 aliphatic rings. The van der Waals surface area contributed by atoms with Crippen LogP contribution >= 0.6 is 11.8 Å². The van der Waals surface area contributed by atoms with E-state index >= 15 is 0 Å². The first-order valence-corrected chi connectivity index (χ1v) is 11.0. The number of carbonyl (C=O) groups excluding carboxylic acids is 1. The molecule has 2 aliphatic heterocycles. The lowest BCUT2D eigenvalue weighted by Gasteiger charge is -2.51. The number of nitrogens with zero attached hydrogens (tertiary/aromatic N) is 2. The van der Waals surface area contributed by atoms with Crippen molar-refractivity contribution in [3.8, 4) is 11.3 Å². The monoisotopic (exact) mass is 437 g/mol. The van der Waals surface area contributed by atoms with Gasteiger partial charge in [-0.15, -0.1) is 11.8 Å². The maximum absolute atomic E-state index is 13.2. The molecule has 5 rings (SSSR count). The van der Waals surface area contributed by atoms with Crippen molar-refractivity contribution < 1.29 is 19.2 Å². The number of fused-ring (bicyclic) bond motifs is 2. The van der Waals surface area contributed by atoms with E-state index in [1.54, 1.807) is 0 Å². The molecule has 1 amide bonds. The van der Waals surface area contributed by atoms with E-state index < -0.39 is 22.3 Å². The molecule has 0 bridgehead atoms. The highest BCUT2D eigenvalue weighted by molar-refractivity contribution is 8.01. The number of aryl methyl sites for hydroxylation is 1. The highest BCUT2D eigenvalue weighted by Gasteiger charge is 2.69. The lowest BCUT2D eigenvalue weighted by atomic mass is 9.85. The number of hydrogen-bond acceptors (Lipinski definition) is 6. The van der Waals surface area contributed by atoms with Gasteiger partial charge >= 0.3 is 5.97 Å². The molecule has 0 aliphatic carbocycles. The normalized spacial score (nSPS) is 26.6. The number of carboxylic acids is 1. The maximum atomic E-state index is 13.2. The first-order valence-electron chi connectivity index (χ1n) is 10.1. The van der Waals surface area contributed by atoms with Crippen LogP contribution in [0.3, 0.4) is 0 Å². The van der Waals surface area contributed by atoms with Crippen LogP contribution in [0.2, 0.25) is 0 Å². The average molecular weight is 438 g/mol. The van der Waals surface area contributed by atoms with Gasteiger partial charge in [-0.05, 0) is 38.5 Å². The average Bonchev–Trinajstić information content (AvgIpc) is 3.22. The van der Waals surface area contributed by atoms with E-state index in [2.05, 4.69) is 10.5 Å². The lowest BCUT2D eigenvalue weighted by molar-refractivity contribution is -0.163. The van der Waals surface area contributed by atoms with Crippen molar-refractivity contribution >= 4 is 40.1 Å². The molecule has 8 heteroatoms. The van der Waals surface area contributed by atoms with Crippen LogP contribution < -0.4 is 5.32 Å². The third-order valence-corrected chi connectivity index (χ3v) is 8.05. The number of hydrogen-bond donors (Lipinski definition) is 2. The number of aliphatic carboxylic acids is 1. The van der Waals surface area contributed by atoms with E-state index in [4.69, 9.17) is 4.52 Å². The van der Waals surface area contributed by atoms with Gasteiger partial charge in [0.1, 0.15) is 28.3 Å². The summed E-state index contributed by atoms with van der Waals surface area (Å²) in [7, 11) is 0. The fourth-order valence-electron chi connectivity index (χ4n) is 4.72. The Labute approximate surface area is 183 Å².